The van der Waals surface area contributed by atoms with Crippen molar-refractivity contribution in [3.63, 3.8) is 0 Å². The third-order valence-corrected chi connectivity index (χ3v) is 11.1. The van der Waals surface area contributed by atoms with E-state index in [1.54, 1.807) is 11.9 Å². The molecule has 40 heavy (non-hydrogen) atoms. The Morgan fingerprint density at radius 3 is 2.05 bits per heavy atom. The number of imide groups is 3. The van der Waals surface area contributed by atoms with Crippen LogP contribution in [0.1, 0.15) is 64.2 Å². The van der Waals surface area contributed by atoms with Crippen LogP contribution in [0, 0.1) is 22.7 Å². The Balaban J connectivity index is 1.05. The van der Waals surface area contributed by atoms with Crippen molar-refractivity contribution in [3.05, 3.63) is 11.4 Å². The number of urea groups is 2. The Kier molecular flexibility index (Phi) is 5.44. The molecule has 7 fully saturated rings. The van der Waals surface area contributed by atoms with Crippen molar-refractivity contribution in [1.82, 2.24) is 19.6 Å². The summed E-state index contributed by atoms with van der Waals surface area (Å²) in [6, 6.07) is -1.20. The van der Waals surface area contributed by atoms with E-state index in [9.17, 15) is 24.0 Å². The number of amides is 7. The summed E-state index contributed by atoms with van der Waals surface area (Å²) in [5.74, 6) is -1.41. The summed E-state index contributed by atoms with van der Waals surface area (Å²) in [7, 11) is 1.55. The molecular formula is C28H38N6O6. The molecule has 216 valence electrons. The predicted molar refractivity (Wildman–Crippen MR) is 140 cm³/mol. The second kappa shape index (κ2) is 8.43. The van der Waals surface area contributed by atoms with E-state index in [2.05, 4.69) is 0 Å². The standard InChI is InChI=1S/C28H38N6O6/c1-31-23(37)28(33(24(31)38)11-17-12-40-13-17)14-27(15-28)4-2-18(3-5-27)34-22(36)19(20(29)30)21(35)32(25(34)39)10-16-8-26(9-16)6-7-26/h16-18H,2-15,29-30H2,1H3. The first-order valence-corrected chi connectivity index (χ1v) is 14.6. The number of carbonyl (C=O) groups excluding carboxylic acids is 5. The van der Waals surface area contributed by atoms with Crippen molar-refractivity contribution >= 4 is 29.8 Å². The van der Waals surface area contributed by atoms with Gasteiger partial charge in [0.15, 0.2) is 0 Å². The third-order valence-electron chi connectivity index (χ3n) is 11.1. The zero-order valence-electron chi connectivity index (χ0n) is 23.0. The van der Waals surface area contributed by atoms with E-state index in [1.165, 1.54) is 27.5 Å². The summed E-state index contributed by atoms with van der Waals surface area (Å²) in [5, 5.41) is 0. The van der Waals surface area contributed by atoms with Crippen LogP contribution in [0.3, 0.4) is 0 Å². The van der Waals surface area contributed by atoms with E-state index >= 15 is 0 Å². The SMILES string of the molecule is CN1C(=O)N(CC2COC2)C2(CC3(CCC(N4C(=O)C(=C(N)N)C(=O)N(CC5CC6(CC6)C5)C4=O)CC3)C2)C1=O. The molecule has 7 rings (SSSR count). The second-order valence-electron chi connectivity index (χ2n) is 13.8. The Labute approximate surface area is 233 Å². The van der Waals surface area contributed by atoms with Crippen LogP contribution in [0.5, 0.6) is 0 Å². The molecule has 12 nitrogen and oxygen atoms in total. The number of hydrogen-bond donors (Lipinski definition) is 2. The van der Waals surface area contributed by atoms with Crippen LogP contribution in [0.4, 0.5) is 9.59 Å². The molecule has 7 aliphatic rings. The smallest absolute Gasteiger partial charge is 0.334 e. The number of rotatable bonds is 5. The number of barbiturate groups is 1. The van der Waals surface area contributed by atoms with Crippen molar-refractivity contribution < 1.29 is 28.7 Å². The summed E-state index contributed by atoms with van der Waals surface area (Å²) in [4.78, 5) is 71.7. The molecule has 4 aliphatic carbocycles. The number of likely N-dealkylation sites (N-methyl/N-ethyl adjacent to an activating group) is 1. The summed E-state index contributed by atoms with van der Waals surface area (Å²) in [5.41, 5.74) is 10.8. The molecule has 0 aromatic rings. The van der Waals surface area contributed by atoms with Crippen LogP contribution in [-0.4, -0.2) is 94.3 Å². The van der Waals surface area contributed by atoms with E-state index in [4.69, 9.17) is 16.2 Å². The number of ether oxygens (including phenoxy) is 1. The van der Waals surface area contributed by atoms with Gasteiger partial charge < -0.3 is 21.1 Å². The van der Waals surface area contributed by atoms with Gasteiger partial charge in [-0.1, -0.05) is 0 Å². The summed E-state index contributed by atoms with van der Waals surface area (Å²) in [6.45, 7) is 2.01. The molecule has 0 unspecified atom stereocenters. The minimum absolute atomic E-state index is 0.126. The Hall–Kier alpha value is -3.15. The van der Waals surface area contributed by atoms with E-state index in [1.807, 2.05) is 0 Å². The fraction of sp³-hybridized carbons (Fsp3) is 0.750. The lowest BCUT2D eigenvalue weighted by Crippen LogP contribution is -2.66. The maximum absolute atomic E-state index is 13.6. The molecular weight excluding hydrogens is 516 g/mol. The molecule has 7 amide bonds. The molecule has 3 spiro atoms. The molecule has 0 radical (unpaired) electrons. The first kappa shape index (κ1) is 25.8. The van der Waals surface area contributed by atoms with Crippen molar-refractivity contribution in [2.45, 2.75) is 75.8 Å². The lowest BCUT2D eigenvalue weighted by Gasteiger charge is -2.59. The first-order valence-electron chi connectivity index (χ1n) is 14.6. The van der Waals surface area contributed by atoms with Gasteiger partial charge in [0.05, 0.1) is 13.2 Å². The molecule has 12 heteroatoms. The van der Waals surface area contributed by atoms with Gasteiger partial charge in [-0.05, 0) is 81.0 Å². The maximum atomic E-state index is 13.6. The van der Waals surface area contributed by atoms with E-state index < -0.39 is 23.4 Å². The average Bonchev–Trinajstić information content (AvgIpc) is 3.61. The number of nitrogens with zero attached hydrogens (tertiary/aromatic N) is 4. The van der Waals surface area contributed by atoms with Gasteiger partial charge in [-0.3, -0.25) is 29.1 Å². The lowest BCUT2D eigenvalue weighted by molar-refractivity contribution is -0.153. The van der Waals surface area contributed by atoms with Gasteiger partial charge in [0.2, 0.25) is 0 Å². The fourth-order valence-electron chi connectivity index (χ4n) is 8.66. The molecule has 0 aromatic heterocycles. The zero-order chi connectivity index (χ0) is 28.2. The highest BCUT2D eigenvalue weighted by Crippen LogP contribution is 2.64. The molecule has 4 saturated carbocycles. The van der Waals surface area contributed by atoms with Gasteiger partial charge in [-0.25, -0.2) is 9.59 Å². The highest BCUT2D eigenvalue weighted by Gasteiger charge is 2.68. The average molecular weight is 555 g/mol. The zero-order valence-corrected chi connectivity index (χ0v) is 23.0. The predicted octanol–water partition coefficient (Wildman–Crippen LogP) is 1.10. The Morgan fingerprint density at radius 1 is 0.850 bits per heavy atom. The van der Waals surface area contributed by atoms with Crippen LogP contribution in [0.15, 0.2) is 11.4 Å². The van der Waals surface area contributed by atoms with E-state index in [-0.39, 0.29) is 53.2 Å². The van der Waals surface area contributed by atoms with Gasteiger partial charge in [0.1, 0.15) is 16.9 Å². The van der Waals surface area contributed by atoms with Crippen molar-refractivity contribution in [1.29, 1.82) is 0 Å². The van der Waals surface area contributed by atoms with Crippen LogP contribution < -0.4 is 11.5 Å². The van der Waals surface area contributed by atoms with Gasteiger partial charge in [-0.2, -0.15) is 0 Å². The lowest BCUT2D eigenvalue weighted by atomic mass is 9.51. The van der Waals surface area contributed by atoms with Crippen molar-refractivity contribution in [2.75, 3.05) is 33.4 Å². The highest BCUT2D eigenvalue weighted by atomic mass is 16.5. The summed E-state index contributed by atoms with van der Waals surface area (Å²) < 4.78 is 5.29. The van der Waals surface area contributed by atoms with Gasteiger partial charge in [0, 0.05) is 32.1 Å². The quantitative estimate of drug-likeness (QED) is 0.290. The molecule has 4 N–H and O–H groups in total. The normalized spacial score (nSPS) is 29.5. The molecule has 0 atom stereocenters. The third kappa shape index (κ3) is 3.56. The molecule has 0 aromatic carbocycles. The molecule has 3 heterocycles. The van der Waals surface area contributed by atoms with Gasteiger partial charge in [0.25, 0.3) is 17.7 Å². The van der Waals surface area contributed by atoms with Gasteiger partial charge >= 0.3 is 12.1 Å². The van der Waals surface area contributed by atoms with Crippen molar-refractivity contribution in [2.24, 2.45) is 34.1 Å². The fourth-order valence-corrected chi connectivity index (χ4v) is 8.66. The van der Waals surface area contributed by atoms with Gasteiger partial charge in [-0.15, -0.1) is 0 Å². The minimum atomic E-state index is -0.806. The maximum Gasteiger partial charge on any atom is 0.334 e. The number of hydrogen-bond acceptors (Lipinski definition) is 8. The summed E-state index contributed by atoms with van der Waals surface area (Å²) >= 11 is 0. The van der Waals surface area contributed by atoms with Crippen LogP contribution in [-0.2, 0) is 19.1 Å². The van der Waals surface area contributed by atoms with Crippen molar-refractivity contribution in [3.8, 4) is 0 Å². The Morgan fingerprint density at radius 2 is 1.50 bits per heavy atom. The molecule has 3 saturated heterocycles. The monoisotopic (exact) mass is 554 g/mol. The molecule has 3 aliphatic heterocycles. The van der Waals surface area contributed by atoms with Crippen LogP contribution in [0.2, 0.25) is 0 Å². The van der Waals surface area contributed by atoms with Crippen LogP contribution in [0.25, 0.3) is 0 Å². The highest BCUT2D eigenvalue weighted by molar-refractivity contribution is 6.29. The second-order valence-corrected chi connectivity index (χ2v) is 13.8. The first-order chi connectivity index (χ1) is 19.0. The van der Waals surface area contributed by atoms with E-state index in [0.717, 1.165) is 25.7 Å². The van der Waals surface area contributed by atoms with E-state index in [0.29, 0.717) is 50.9 Å². The number of nitrogens with two attached hydrogens (primary N) is 2. The number of carbonyl (C=O) groups is 5. The summed E-state index contributed by atoms with van der Waals surface area (Å²) in [6.07, 6.45) is 8.18. The molecule has 0 bridgehead atoms. The van der Waals surface area contributed by atoms with Crippen LogP contribution >= 0.6 is 0 Å². The topological polar surface area (TPSA) is 160 Å². The Bertz CT molecular complexity index is 1230. The largest absolute Gasteiger partial charge is 0.385 e. The minimum Gasteiger partial charge on any atom is -0.385 e.